The lowest BCUT2D eigenvalue weighted by Crippen LogP contribution is -2.37. The third kappa shape index (κ3) is 54.6. The number of unbranched alkanes of at least 4 members (excludes halogenated alkanes) is 25. The predicted octanol–water partition coefficient (Wildman–Crippen LogP) is 17.3. The molecule has 9 nitrogen and oxygen atoms in total. The number of rotatable bonds is 51. The first-order valence-electron chi connectivity index (χ1n) is 28.2. The van der Waals surface area contributed by atoms with Gasteiger partial charge in [0.2, 0.25) is 0 Å². The number of quaternary nitrogens is 1. The number of carbonyl (C=O) groups is 2. The van der Waals surface area contributed by atoms with Crippen LogP contribution < -0.4 is 0 Å². The Bertz CT molecular complexity index is 1400. The second kappa shape index (κ2) is 50.4. The largest absolute Gasteiger partial charge is 0.472 e. The first-order chi connectivity index (χ1) is 33.5. The normalized spacial score (nSPS) is 13.9. The fraction of sp³-hybridized carbons (Fsp3) is 0.763. The van der Waals surface area contributed by atoms with Crippen molar-refractivity contribution in [3.63, 3.8) is 0 Å². The Labute approximate surface area is 425 Å². The number of nitrogens with zero attached hydrogens (tertiary/aromatic N) is 1. The maximum absolute atomic E-state index is 12.8. The summed E-state index contributed by atoms with van der Waals surface area (Å²) in [6.45, 7) is 4.30. The summed E-state index contributed by atoms with van der Waals surface area (Å²) in [5.41, 5.74) is 0. The van der Waals surface area contributed by atoms with Crippen LogP contribution in [0.4, 0.5) is 0 Å². The van der Waals surface area contributed by atoms with Crippen LogP contribution in [0.25, 0.3) is 0 Å². The monoisotopic (exact) mass is 989 g/mol. The van der Waals surface area contributed by atoms with Crippen LogP contribution in [0.1, 0.15) is 239 Å². The van der Waals surface area contributed by atoms with E-state index in [1.165, 1.54) is 122 Å². The van der Waals surface area contributed by atoms with Crippen molar-refractivity contribution in [3.05, 3.63) is 72.9 Å². The molecule has 2 unspecified atom stereocenters. The second-order valence-corrected chi connectivity index (χ2v) is 21.4. The standard InChI is InChI=1S/C59H106NO8P/c1-6-8-10-12-14-16-18-20-22-24-25-26-27-28-29-30-31-32-33-34-35-36-38-40-42-44-46-48-50-52-59(62)68-57(56-67-69(63,64)66-54-53-60(3,4)5)55-65-58(61)51-49-47-45-43-41-39-37-23-21-19-17-15-13-11-9-7-2/h8,10,14,16-17,19-20,22-23,25-26,37,57H,6-7,9,11-13,15,18,21,24,27-36,38-56H2,1-5H3/p+1/b10-8-,16-14-,19-17-,22-20-,26-25-,37-23-. The van der Waals surface area contributed by atoms with Crippen molar-refractivity contribution in [2.75, 3.05) is 47.5 Å². The van der Waals surface area contributed by atoms with Gasteiger partial charge in [-0.15, -0.1) is 0 Å². The number of ether oxygens (including phenoxy) is 2. The van der Waals surface area contributed by atoms with Gasteiger partial charge in [0.1, 0.15) is 19.8 Å². The van der Waals surface area contributed by atoms with E-state index >= 15 is 0 Å². The lowest BCUT2D eigenvalue weighted by Gasteiger charge is -2.24. The molecule has 0 aromatic heterocycles. The second-order valence-electron chi connectivity index (χ2n) is 19.9. The molecular weight excluding hydrogens is 882 g/mol. The highest BCUT2D eigenvalue weighted by molar-refractivity contribution is 7.47. The molecule has 0 aliphatic carbocycles. The third-order valence-corrected chi connectivity index (χ3v) is 13.0. The molecule has 0 rings (SSSR count). The Morgan fingerprint density at radius 1 is 0.464 bits per heavy atom. The van der Waals surface area contributed by atoms with Crippen LogP contribution in [0, 0.1) is 0 Å². The quantitative estimate of drug-likeness (QED) is 0.0211. The van der Waals surface area contributed by atoms with E-state index in [1.54, 1.807) is 0 Å². The summed E-state index contributed by atoms with van der Waals surface area (Å²) in [5.74, 6) is -0.810. The number of phosphoric ester groups is 1. The molecule has 69 heavy (non-hydrogen) atoms. The van der Waals surface area contributed by atoms with E-state index in [-0.39, 0.29) is 32.0 Å². The number of hydrogen-bond acceptors (Lipinski definition) is 7. The van der Waals surface area contributed by atoms with Crippen LogP contribution in [0.5, 0.6) is 0 Å². The lowest BCUT2D eigenvalue weighted by molar-refractivity contribution is -0.870. The zero-order chi connectivity index (χ0) is 50.6. The van der Waals surface area contributed by atoms with Gasteiger partial charge in [0.15, 0.2) is 6.10 Å². The molecule has 10 heteroatoms. The van der Waals surface area contributed by atoms with Gasteiger partial charge >= 0.3 is 19.8 Å². The molecule has 0 bridgehead atoms. The Morgan fingerprint density at radius 2 is 0.826 bits per heavy atom. The minimum absolute atomic E-state index is 0.0277. The summed E-state index contributed by atoms with van der Waals surface area (Å²) in [7, 11) is 1.47. The molecule has 0 saturated heterocycles. The Morgan fingerprint density at radius 3 is 1.23 bits per heavy atom. The summed E-state index contributed by atoms with van der Waals surface area (Å²) < 4.78 is 34.5. The number of phosphoric acid groups is 1. The zero-order valence-electron chi connectivity index (χ0n) is 45.3. The summed E-state index contributed by atoms with van der Waals surface area (Å²) in [6.07, 6.45) is 65.4. The van der Waals surface area contributed by atoms with Gasteiger partial charge in [0.25, 0.3) is 0 Å². The molecule has 0 spiro atoms. The molecule has 400 valence electrons. The average molecular weight is 989 g/mol. The summed E-state index contributed by atoms with van der Waals surface area (Å²) in [5, 5.41) is 0. The molecule has 0 aliphatic heterocycles. The minimum Gasteiger partial charge on any atom is -0.462 e. The van der Waals surface area contributed by atoms with Gasteiger partial charge in [0, 0.05) is 12.8 Å². The van der Waals surface area contributed by atoms with Crippen molar-refractivity contribution in [2.24, 2.45) is 0 Å². The maximum atomic E-state index is 12.8. The molecule has 0 saturated carbocycles. The highest BCUT2D eigenvalue weighted by Crippen LogP contribution is 2.43. The van der Waals surface area contributed by atoms with Crippen LogP contribution in [-0.2, 0) is 32.7 Å². The first kappa shape index (κ1) is 66.5. The van der Waals surface area contributed by atoms with Crippen molar-refractivity contribution in [2.45, 2.75) is 245 Å². The molecule has 0 amide bonds. The minimum atomic E-state index is -4.39. The first-order valence-corrected chi connectivity index (χ1v) is 29.7. The zero-order valence-corrected chi connectivity index (χ0v) is 46.2. The molecular formula is C59H107NO8P+. The van der Waals surface area contributed by atoms with E-state index in [9.17, 15) is 19.0 Å². The van der Waals surface area contributed by atoms with Crippen LogP contribution in [0.15, 0.2) is 72.9 Å². The highest BCUT2D eigenvalue weighted by Gasteiger charge is 2.27. The molecule has 2 atom stereocenters. The van der Waals surface area contributed by atoms with Crippen LogP contribution in [-0.4, -0.2) is 74.9 Å². The van der Waals surface area contributed by atoms with E-state index < -0.39 is 26.5 Å². The Balaban J connectivity index is 4.13. The fourth-order valence-corrected chi connectivity index (χ4v) is 8.37. The number of allylic oxidation sites excluding steroid dienone is 12. The van der Waals surface area contributed by atoms with Crippen molar-refractivity contribution < 1.29 is 42.1 Å². The average Bonchev–Trinajstić information content (AvgIpc) is 3.31. The van der Waals surface area contributed by atoms with Gasteiger partial charge in [0.05, 0.1) is 27.7 Å². The van der Waals surface area contributed by atoms with E-state index in [1.807, 2.05) is 21.1 Å². The predicted molar refractivity (Wildman–Crippen MR) is 293 cm³/mol. The summed E-state index contributed by atoms with van der Waals surface area (Å²) in [6, 6.07) is 0. The summed E-state index contributed by atoms with van der Waals surface area (Å²) in [4.78, 5) is 35.6. The molecule has 0 radical (unpaired) electrons. The molecule has 1 N–H and O–H groups in total. The van der Waals surface area contributed by atoms with Crippen molar-refractivity contribution >= 4 is 19.8 Å². The van der Waals surface area contributed by atoms with Gasteiger partial charge in [-0.25, -0.2) is 4.57 Å². The van der Waals surface area contributed by atoms with Crippen LogP contribution in [0.2, 0.25) is 0 Å². The SMILES string of the molecule is CC/C=C\C/C=C\C/C=C\C/C=C\CCCCCCCCCCCCCCCCCCC(=O)OC(COC(=O)CCCCCCC/C=C\C/C=C\CCCCCC)COP(=O)(O)OCC[N+](C)(C)C. The maximum Gasteiger partial charge on any atom is 0.472 e. The van der Waals surface area contributed by atoms with Crippen LogP contribution in [0.3, 0.4) is 0 Å². The molecule has 0 fully saturated rings. The number of esters is 2. The van der Waals surface area contributed by atoms with Gasteiger partial charge in [-0.05, 0) is 83.5 Å². The molecule has 0 aromatic rings. The smallest absolute Gasteiger partial charge is 0.462 e. The van der Waals surface area contributed by atoms with Crippen molar-refractivity contribution in [1.29, 1.82) is 0 Å². The highest BCUT2D eigenvalue weighted by atomic mass is 31.2. The number of likely N-dealkylation sites (N-methyl/N-ethyl adjacent to an activating group) is 1. The number of carbonyl (C=O) groups excluding carboxylic acids is 2. The number of hydrogen-bond donors (Lipinski definition) is 1. The van der Waals surface area contributed by atoms with Crippen LogP contribution >= 0.6 is 7.82 Å². The van der Waals surface area contributed by atoms with Gasteiger partial charge < -0.3 is 18.9 Å². The van der Waals surface area contributed by atoms with E-state index in [0.717, 1.165) is 83.5 Å². The van der Waals surface area contributed by atoms with E-state index in [4.69, 9.17) is 18.5 Å². The van der Waals surface area contributed by atoms with Gasteiger partial charge in [-0.2, -0.15) is 0 Å². The van der Waals surface area contributed by atoms with E-state index in [2.05, 4.69) is 86.8 Å². The molecule has 0 heterocycles. The lowest BCUT2D eigenvalue weighted by atomic mass is 10.0. The molecule has 0 aromatic carbocycles. The van der Waals surface area contributed by atoms with Gasteiger partial charge in [-0.3, -0.25) is 18.6 Å². The van der Waals surface area contributed by atoms with Crippen molar-refractivity contribution in [3.8, 4) is 0 Å². The molecule has 0 aliphatic rings. The fourth-order valence-electron chi connectivity index (χ4n) is 7.63. The van der Waals surface area contributed by atoms with Gasteiger partial charge in [-0.1, -0.05) is 215 Å². The Kier molecular flexibility index (Phi) is 48.5. The van der Waals surface area contributed by atoms with Crippen molar-refractivity contribution in [1.82, 2.24) is 0 Å². The third-order valence-electron chi connectivity index (χ3n) is 12.0. The topological polar surface area (TPSA) is 108 Å². The van der Waals surface area contributed by atoms with E-state index in [0.29, 0.717) is 17.4 Å². The summed E-state index contributed by atoms with van der Waals surface area (Å²) >= 11 is 0. The Hall–Kier alpha value is -2.55.